The summed E-state index contributed by atoms with van der Waals surface area (Å²) in [5, 5.41) is 0. The largest absolute Gasteiger partial charge is 0.206 e. The first kappa shape index (κ1) is 17.5. The predicted molar refractivity (Wildman–Crippen MR) is 108 cm³/mol. The lowest BCUT2D eigenvalue weighted by Crippen LogP contribution is -1.92. The van der Waals surface area contributed by atoms with Crippen molar-refractivity contribution < 1.29 is 4.39 Å². The molecule has 0 aliphatic rings. The van der Waals surface area contributed by atoms with Gasteiger partial charge in [-0.05, 0) is 65.8 Å². The highest BCUT2D eigenvalue weighted by Gasteiger charge is 2.11. The molecular formula is C23H21FS. The first-order valence-corrected chi connectivity index (χ1v) is 8.83. The zero-order valence-electron chi connectivity index (χ0n) is 14.3. The van der Waals surface area contributed by atoms with Gasteiger partial charge < -0.3 is 0 Å². The van der Waals surface area contributed by atoms with E-state index < -0.39 is 0 Å². The van der Waals surface area contributed by atoms with Crippen LogP contribution >= 0.6 is 12.6 Å². The third-order valence-corrected chi connectivity index (χ3v) is 4.67. The minimum Gasteiger partial charge on any atom is -0.206 e. The van der Waals surface area contributed by atoms with E-state index in [9.17, 15) is 4.39 Å². The van der Waals surface area contributed by atoms with Gasteiger partial charge in [-0.2, -0.15) is 0 Å². The van der Waals surface area contributed by atoms with Crippen molar-refractivity contribution in [2.75, 3.05) is 0 Å². The highest BCUT2D eigenvalue weighted by Crippen LogP contribution is 2.32. The Balaban J connectivity index is 1.95. The highest BCUT2D eigenvalue weighted by atomic mass is 32.1. The molecule has 0 aliphatic carbocycles. The maximum atomic E-state index is 14.8. The summed E-state index contributed by atoms with van der Waals surface area (Å²) >= 11 is 4.30. The van der Waals surface area contributed by atoms with Crippen LogP contribution in [0.1, 0.15) is 17.5 Å². The molecule has 0 saturated heterocycles. The van der Waals surface area contributed by atoms with Crippen LogP contribution in [0.4, 0.5) is 4.39 Å². The molecule has 0 atom stereocenters. The van der Waals surface area contributed by atoms with Gasteiger partial charge in [-0.3, -0.25) is 0 Å². The summed E-state index contributed by atoms with van der Waals surface area (Å²) in [5.41, 5.74) is 5.63. The molecule has 0 fully saturated rings. The number of allylic oxidation sites excluding steroid dienone is 1. The molecule has 0 radical (unpaired) electrons. The summed E-state index contributed by atoms with van der Waals surface area (Å²) in [6.45, 7) is 5.71. The Morgan fingerprint density at radius 2 is 1.56 bits per heavy atom. The first-order chi connectivity index (χ1) is 12.1. The van der Waals surface area contributed by atoms with E-state index >= 15 is 0 Å². The Labute approximate surface area is 154 Å². The Morgan fingerprint density at radius 3 is 2.16 bits per heavy atom. The molecule has 0 amide bonds. The number of aryl methyl sites for hydroxylation is 2. The van der Waals surface area contributed by atoms with Crippen molar-refractivity contribution >= 4 is 12.6 Å². The summed E-state index contributed by atoms with van der Waals surface area (Å²) in [5.74, 6) is -0.191. The van der Waals surface area contributed by atoms with Gasteiger partial charge >= 0.3 is 0 Å². The van der Waals surface area contributed by atoms with Gasteiger partial charge in [-0.1, -0.05) is 48.5 Å². The van der Waals surface area contributed by atoms with Crippen molar-refractivity contribution in [1.82, 2.24) is 0 Å². The quantitative estimate of drug-likeness (QED) is 0.377. The van der Waals surface area contributed by atoms with Gasteiger partial charge in [0.1, 0.15) is 5.82 Å². The topological polar surface area (TPSA) is 0 Å². The van der Waals surface area contributed by atoms with Crippen LogP contribution in [0, 0.1) is 12.7 Å². The molecule has 0 bridgehead atoms. The number of hydrogen-bond donors (Lipinski definition) is 1. The molecule has 25 heavy (non-hydrogen) atoms. The van der Waals surface area contributed by atoms with Crippen molar-refractivity contribution in [3.8, 4) is 22.3 Å². The first-order valence-electron chi connectivity index (χ1n) is 8.38. The molecule has 0 saturated carbocycles. The Morgan fingerprint density at radius 1 is 0.920 bits per heavy atom. The van der Waals surface area contributed by atoms with Crippen LogP contribution in [0.15, 0.2) is 78.2 Å². The number of halogens is 1. The molecule has 0 N–H and O–H groups in total. The van der Waals surface area contributed by atoms with E-state index in [0.29, 0.717) is 5.56 Å². The van der Waals surface area contributed by atoms with E-state index in [1.807, 2.05) is 55.5 Å². The molecule has 3 aromatic carbocycles. The van der Waals surface area contributed by atoms with Crippen molar-refractivity contribution in [3.05, 3.63) is 90.3 Å². The Hall–Kier alpha value is -2.32. The fourth-order valence-corrected chi connectivity index (χ4v) is 3.19. The average molecular weight is 348 g/mol. The fraction of sp³-hybridized carbons (Fsp3) is 0.130. The third-order valence-electron chi connectivity index (χ3n) is 4.37. The summed E-state index contributed by atoms with van der Waals surface area (Å²) < 4.78 is 14.8. The summed E-state index contributed by atoms with van der Waals surface area (Å²) in [4.78, 5) is 0.897. The second-order valence-corrected chi connectivity index (χ2v) is 6.74. The molecule has 3 rings (SSSR count). The van der Waals surface area contributed by atoms with E-state index in [4.69, 9.17) is 0 Å². The van der Waals surface area contributed by atoms with Crippen LogP contribution in [0.3, 0.4) is 0 Å². The van der Waals surface area contributed by atoms with Crippen molar-refractivity contribution in [1.29, 1.82) is 0 Å². The fourth-order valence-electron chi connectivity index (χ4n) is 3.04. The summed E-state index contributed by atoms with van der Waals surface area (Å²) in [6, 6.07) is 19.5. The van der Waals surface area contributed by atoms with E-state index in [1.165, 1.54) is 5.56 Å². The molecular weight excluding hydrogens is 327 g/mol. The van der Waals surface area contributed by atoms with Gasteiger partial charge in [0.05, 0.1) is 0 Å². The molecule has 0 aromatic heterocycles. The molecule has 126 valence electrons. The molecule has 0 aliphatic heterocycles. The van der Waals surface area contributed by atoms with E-state index in [1.54, 1.807) is 6.07 Å². The van der Waals surface area contributed by atoms with Gasteiger partial charge in [-0.25, -0.2) is 4.39 Å². The SMILES string of the molecule is C=CCCc1ccc(-c2c(C)cc(-c3ccc(S)cc3)cc2F)cc1. The van der Waals surface area contributed by atoms with E-state index in [0.717, 1.165) is 40.0 Å². The van der Waals surface area contributed by atoms with Crippen LogP contribution in [0.2, 0.25) is 0 Å². The van der Waals surface area contributed by atoms with Crippen LogP contribution in [-0.4, -0.2) is 0 Å². The van der Waals surface area contributed by atoms with Gasteiger partial charge in [0.25, 0.3) is 0 Å². The molecule has 0 heterocycles. The second kappa shape index (κ2) is 7.71. The zero-order chi connectivity index (χ0) is 17.8. The molecule has 2 heteroatoms. The molecule has 0 unspecified atom stereocenters. The maximum absolute atomic E-state index is 14.8. The van der Waals surface area contributed by atoms with Gasteiger partial charge in [0.15, 0.2) is 0 Å². The van der Waals surface area contributed by atoms with Gasteiger partial charge in [0, 0.05) is 10.5 Å². The third kappa shape index (κ3) is 4.02. The molecule has 0 spiro atoms. The Kier molecular flexibility index (Phi) is 5.40. The van der Waals surface area contributed by atoms with Crippen LogP contribution < -0.4 is 0 Å². The lowest BCUT2D eigenvalue weighted by molar-refractivity contribution is 0.631. The Bertz CT molecular complexity index is 854. The van der Waals surface area contributed by atoms with Gasteiger partial charge in [0.2, 0.25) is 0 Å². The monoisotopic (exact) mass is 348 g/mol. The standard InChI is InChI=1S/C23H21FS/c1-3-4-5-17-6-8-19(9-7-17)23-16(2)14-20(15-22(23)24)18-10-12-21(25)13-11-18/h3,6-15,25H,1,4-5H2,2H3. The molecule has 3 aromatic rings. The smallest absolute Gasteiger partial charge is 0.131 e. The van der Waals surface area contributed by atoms with Crippen molar-refractivity contribution in [2.24, 2.45) is 0 Å². The van der Waals surface area contributed by atoms with E-state index in [2.05, 4.69) is 31.3 Å². The van der Waals surface area contributed by atoms with Crippen LogP contribution in [0.5, 0.6) is 0 Å². The minimum atomic E-state index is -0.191. The van der Waals surface area contributed by atoms with E-state index in [-0.39, 0.29) is 5.82 Å². The number of benzene rings is 3. The van der Waals surface area contributed by atoms with Crippen LogP contribution in [0.25, 0.3) is 22.3 Å². The van der Waals surface area contributed by atoms with Gasteiger partial charge in [-0.15, -0.1) is 19.2 Å². The summed E-state index contributed by atoms with van der Waals surface area (Å²) in [7, 11) is 0. The number of hydrogen-bond acceptors (Lipinski definition) is 1. The average Bonchev–Trinajstić information content (AvgIpc) is 2.61. The zero-order valence-corrected chi connectivity index (χ0v) is 15.2. The normalized spacial score (nSPS) is 10.7. The number of rotatable bonds is 5. The lowest BCUT2D eigenvalue weighted by atomic mass is 9.94. The number of thiol groups is 1. The minimum absolute atomic E-state index is 0.191. The predicted octanol–water partition coefficient (Wildman–Crippen LogP) is 6.88. The summed E-state index contributed by atoms with van der Waals surface area (Å²) in [6.07, 6.45) is 3.83. The second-order valence-electron chi connectivity index (χ2n) is 6.22. The molecule has 0 nitrogen and oxygen atoms in total. The van der Waals surface area contributed by atoms with Crippen molar-refractivity contribution in [2.45, 2.75) is 24.7 Å². The highest BCUT2D eigenvalue weighted by molar-refractivity contribution is 7.80. The van der Waals surface area contributed by atoms with Crippen molar-refractivity contribution in [3.63, 3.8) is 0 Å². The maximum Gasteiger partial charge on any atom is 0.131 e. The van der Waals surface area contributed by atoms with Crippen LogP contribution in [-0.2, 0) is 6.42 Å². The lowest BCUT2D eigenvalue weighted by Gasteiger charge is -2.12.